The van der Waals surface area contributed by atoms with Gasteiger partial charge in [-0.05, 0) is 44.0 Å². The molecule has 2 rings (SSSR count). The van der Waals surface area contributed by atoms with Crippen LogP contribution in [0.15, 0.2) is 18.2 Å². The molecule has 2 N–H and O–H groups in total. The van der Waals surface area contributed by atoms with Crippen molar-refractivity contribution in [3.63, 3.8) is 0 Å². The summed E-state index contributed by atoms with van der Waals surface area (Å²) in [5, 5.41) is 19.7. The van der Waals surface area contributed by atoms with Crippen molar-refractivity contribution in [2.75, 3.05) is 11.9 Å². The average Bonchev–Trinajstić information content (AvgIpc) is 2.54. The Bertz CT molecular complexity index is 831. The predicted molar refractivity (Wildman–Crippen MR) is 87.1 cm³/mol. The molecule has 0 bridgehead atoms. The first kappa shape index (κ1) is 20.9. The average molecular weight is 393 g/mol. The van der Waals surface area contributed by atoms with Crippen molar-refractivity contribution < 1.29 is 31.4 Å². The van der Waals surface area contributed by atoms with Gasteiger partial charge < -0.3 is 10.4 Å². The quantitative estimate of drug-likeness (QED) is 0.746. The van der Waals surface area contributed by atoms with Gasteiger partial charge in [-0.2, -0.15) is 26.3 Å². The SMILES string of the molecule is Cc1c(NC[C@H](C)O)nnc(-c2ccc(C(F)(F)F)cc2C(F)(F)F)c1C. The fourth-order valence-electron chi connectivity index (χ4n) is 2.44. The Hall–Kier alpha value is -2.36. The van der Waals surface area contributed by atoms with E-state index in [-0.39, 0.29) is 24.1 Å². The molecule has 4 nitrogen and oxygen atoms in total. The molecule has 27 heavy (non-hydrogen) atoms. The van der Waals surface area contributed by atoms with E-state index >= 15 is 0 Å². The largest absolute Gasteiger partial charge is 0.417 e. The lowest BCUT2D eigenvalue weighted by Gasteiger charge is -2.18. The molecule has 1 heterocycles. The van der Waals surface area contributed by atoms with Gasteiger partial charge in [0.1, 0.15) is 0 Å². The predicted octanol–water partition coefficient (Wildman–Crippen LogP) is 4.59. The maximum Gasteiger partial charge on any atom is 0.417 e. The Balaban J connectivity index is 2.59. The standard InChI is InChI=1S/C17H17F6N3O/c1-8(27)7-24-15-10(3)9(2)14(25-26-15)12-5-4-11(16(18,19)20)6-13(12)17(21,22)23/h4-6,8,27H,7H2,1-3H3,(H,24,26)/t8-/m0/s1. The second-order valence-corrected chi connectivity index (χ2v) is 6.13. The third kappa shape index (κ3) is 4.68. The molecule has 0 aliphatic carbocycles. The third-order valence-corrected chi connectivity index (χ3v) is 4.00. The molecule has 0 unspecified atom stereocenters. The number of halogens is 6. The molecular formula is C17H17F6N3O. The first-order valence-electron chi connectivity index (χ1n) is 7.87. The van der Waals surface area contributed by atoms with Crippen LogP contribution in [0.2, 0.25) is 0 Å². The molecule has 0 radical (unpaired) electrons. The fourth-order valence-corrected chi connectivity index (χ4v) is 2.44. The van der Waals surface area contributed by atoms with Crippen LogP contribution in [0.5, 0.6) is 0 Å². The summed E-state index contributed by atoms with van der Waals surface area (Å²) in [6.45, 7) is 4.79. The van der Waals surface area contributed by atoms with E-state index in [2.05, 4.69) is 15.5 Å². The Morgan fingerprint density at radius 3 is 2.15 bits per heavy atom. The lowest BCUT2D eigenvalue weighted by atomic mass is 9.96. The highest BCUT2D eigenvalue weighted by atomic mass is 19.4. The number of aliphatic hydroxyl groups excluding tert-OH is 1. The van der Waals surface area contributed by atoms with E-state index in [9.17, 15) is 31.4 Å². The van der Waals surface area contributed by atoms with E-state index in [4.69, 9.17) is 0 Å². The van der Waals surface area contributed by atoms with Gasteiger partial charge in [0.2, 0.25) is 0 Å². The highest BCUT2D eigenvalue weighted by Gasteiger charge is 2.39. The molecule has 1 aromatic heterocycles. The first-order chi connectivity index (χ1) is 12.3. The summed E-state index contributed by atoms with van der Waals surface area (Å²) in [6.07, 6.45) is -10.6. The maximum absolute atomic E-state index is 13.4. The van der Waals surface area contributed by atoms with E-state index in [1.54, 1.807) is 6.92 Å². The Morgan fingerprint density at radius 2 is 1.63 bits per heavy atom. The molecule has 0 saturated heterocycles. The van der Waals surface area contributed by atoms with Crippen molar-refractivity contribution in [1.82, 2.24) is 10.2 Å². The zero-order valence-corrected chi connectivity index (χ0v) is 14.6. The van der Waals surface area contributed by atoms with Gasteiger partial charge in [-0.25, -0.2) is 0 Å². The number of hydrogen-bond acceptors (Lipinski definition) is 4. The summed E-state index contributed by atoms with van der Waals surface area (Å²) in [5.41, 5.74) is -2.64. The summed E-state index contributed by atoms with van der Waals surface area (Å²) in [7, 11) is 0. The van der Waals surface area contributed by atoms with Crippen LogP contribution in [0.3, 0.4) is 0 Å². The third-order valence-electron chi connectivity index (χ3n) is 4.00. The number of nitrogens with one attached hydrogen (secondary N) is 1. The maximum atomic E-state index is 13.4. The van der Waals surface area contributed by atoms with Crippen molar-refractivity contribution >= 4 is 5.82 Å². The summed E-state index contributed by atoms with van der Waals surface area (Å²) >= 11 is 0. The molecule has 148 valence electrons. The molecule has 10 heteroatoms. The van der Waals surface area contributed by atoms with Crippen LogP contribution in [0.25, 0.3) is 11.3 Å². The van der Waals surface area contributed by atoms with Gasteiger partial charge in [0.05, 0.1) is 22.9 Å². The van der Waals surface area contributed by atoms with Gasteiger partial charge in [-0.15, -0.1) is 10.2 Å². The number of alkyl halides is 6. The summed E-state index contributed by atoms with van der Waals surface area (Å²) in [5.74, 6) is 0.276. The molecule has 0 aliphatic rings. The summed E-state index contributed by atoms with van der Waals surface area (Å²) < 4.78 is 78.5. The molecule has 1 aromatic carbocycles. The summed E-state index contributed by atoms with van der Waals surface area (Å²) in [6, 6.07) is 1.41. The zero-order chi connectivity index (χ0) is 20.6. The van der Waals surface area contributed by atoms with Crippen LogP contribution in [-0.2, 0) is 12.4 Å². The topological polar surface area (TPSA) is 58.0 Å². The number of benzene rings is 1. The zero-order valence-electron chi connectivity index (χ0n) is 14.6. The second kappa shape index (κ2) is 7.34. The van der Waals surface area contributed by atoms with Crippen LogP contribution in [-0.4, -0.2) is 28.0 Å². The monoisotopic (exact) mass is 393 g/mol. The van der Waals surface area contributed by atoms with Crippen molar-refractivity contribution in [2.24, 2.45) is 0 Å². The highest BCUT2D eigenvalue weighted by Crippen LogP contribution is 2.41. The Morgan fingerprint density at radius 1 is 1.00 bits per heavy atom. The van der Waals surface area contributed by atoms with Crippen LogP contribution >= 0.6 is 0 Å². The molecular weight excluding hydrogens is 376 g/mol. The second-order valence-electron chi connectivity index (χ2n) is 6.13. The Kier molecular flexibility index (Phi) is 5.69. The van der Waals surface area contributed by atoms with Crippen LogP contribution < -0.4 is 5.32 Å². The number of rotatable bonds is 4. The van der Waals surface area contributed by atoms with Crippen LogP contribution in [0.4, 0.5) is 32.2 Å². The molecule has 0 spiro atoms. The number of aromatic nitrogens is 2. The van der Waals surface area contributed by atoms with Gasteiger partial charge in [0, 0.05) is 12.1 Å². The molecule has 2 aromatic rings. The lowest BCUT2D eigenvalue weighted by Crippen LogP contribution is -2.18. The number of nitrogens with zero attached hydrogens (tertiary/aromatic N) is 2. The van der Waals surface area contributed by atoms with Gasteiger partial charge in [-0.3, -0.25) is 0 Å². The summed E-state index contributed by atoms with van der Waals surface area (Å²) in [4.78, 5) is 0. The van der Waals surface area contributed by atoms with E-state index in [0.29, 0.717) is 17.2 Å². The first-order valence-corrected chi connectivity index (χ1v) is 7.87. The van der Waals surface area contributed by atoms with Gasteiger partial charge in [-0.1, -0.05) is 6.07 Å². The van der Waals surface area contributed by atoms with Crippen molar-refractivity contribution in [3.05, 3.63) is 40.5 Å². The molecule has 0 fully saturated rings. The highest BCUT2D eigenvalue weighted by molar-refractivity contribution is 5.70. The minimum Gasteiger partial charge on any atom is -0.392 e. The molecule has 0 saturated carbocycles. The van der Waals surface area contributed by atoms with Gasteiger partial charge in [0.25, 0.3) is 0 Å². The molecule has 0 aliphatic heterocycles. The van der Waals surface area contributed by atoms with Gasteiger partial charge >= 0.3 is 12.4 Å². The number of hydrogen-bond donors (Lipinski definition) is 2. The molecule has 1 atom stereocenters. The molecule has 0 amide bonds. The van der Waals surface area contributed by atoms with E-state index in [1.165, 1.54) is 13.8 Å². The smallest absolute Gasteiger partial charge is 0.392 e. The number of anilines is 1. The van der Waals surface area contributed by atoms with Crippen molar-refractivity contribution in [3.8, 4) is 11.3 Å². The normalized spacial score (nSPS) is 13.6. The van der Waals surface area contributed by atoms with E-state index < -0.39 is 35.1 Å². The van der Waals surface area contributed by atoms with Crippen LogP contribution in [0, 0.1) is 13.8 Å². The van der Waals surface area contributed by atoms with Crippen molar-refractivity contribution in [2.45, 2.75) is 39.2 Å². The number of aliphatic hydroxyl groups is 1. The van der Waals surface area contributed by atoms with Crippen molar-refractivity contribution in [1.29, 1.82) is 0 Å². The van der Waals surface area contributed by atoms with E-state index in [0.717, 1.165) is 6.07 Å². The van der Waals surface area contributed by atoms with Gasteiger partial charge in [0.15, 0.2) is 5.82 Å². The fraction of sp³-hybridized carbons (Fsp3) is 0.412. The minimum atomic E-state index is -5.00. The van der Waals surface area contributed by atoms with E-state index in [1.807, 2.05) is 0 Å². The van der Waals surface area contributed by atoms with Crippen LogP contribution in [0.1, 0.15) is 29.2 Å². The lowest BCUT2D eigenvalue weighted by molar-refractivity contribution is -0.142. The Labute approximate surface area is 151 Å². The minimum absolute atomic E-state index is 0.0748.